The lowest BCUT2D eigenvalue weighted by molar-refractivity contribution is -0.156. The number of nitrogens with one attached hydrogen (secondary N) is 2. The third kappa shape index (κ3) is 9.14. The first kappa shape index (κ1) is 46.3. The van der Waals surface area contributed by atoms with Gasteiger partial charge in [0.15, 0.2) is 0 Å². The molecular formula is C50H69N7O7S. The fourth-order valence-corrected chi connectivity index (χ4v) is 12.0. The number of rotatable bonds is 10. The molecule has 352 valence electrons. The molecule has 9 rings (SSSR count). The van der Waals surface area contributed by atoms with Gasteiger partial charge in [0.1, 0.15) is 23.2 Å². The number of pyridine rings is 1. The van der Waals surface area contributed by atoms with E-state index in [9.17, 15) is 14.4 Å². The predicted molar refractivity (Wildman–Crippen MR) is 253 cm³/mol. The van der Waals surface area contributed by atoms with E-state index in [4.69, 9.17) is 28.9 Å². The Kier molecular flexibility index (Phi) is 13.5. The number of amides is 2. The Balaban J connectivity index is 1.16. The van der Waals surface area contributed by atoms with Gasteiger partial charge in [0.05, 0.1) is 49.4 Å². The number of hydrazine groups is 1. The normalized spacial score (nSPS) is 29.5. The van der Waals surface area contributed by atoms with Crippen LogP contribution >= 0.6 is 11.8 Å². The zero-order valence-corrected chi connectivity index (χ0v) is 40.4. The lowest BCUT2D eigenvalue weighted by Gasteiger charge is -2.41. The number of ether oxygens (including phenoxy) is 4. The number of piperidine rings is 1. The van der Waals surface area contributed by atoms with Crippen LogP contribution in [0.25, 0.3) is 22.2 Å². The van der Waals surface area contributed by atoms with Crippen LogP contribution < -0.4 is 10.7 Å². The number of likely N-dealkylation sites (tertiary alicyclic amines) is 1. The Morgan fingerprint density at radius 2 is 1.83 bits per heavy atom. The SMILES string of the molecule is CCO[C@@H]1C2=NC(CS2)c2ccc3c(c2)c(c(-c2cc(C4CCN(C5COC5)CC4)cnc2[C@H](C)OC)n3CC)CC(C)(C)COC(=O)[C@@H]2CCCN(N2)C(=O)[C@H]1NC(=O)[C@H]1[C@H](C)[C@@H]1C. The number of hydrogen-bond acceptors (Lipinski definition) is 12. The Bertz CT molecular complexity index is 2300. The summed E-state index contributed by atoms with van der Waals surface area (Å²) in [6.07, 6.45) is 4.90. The molecule has 4 fully saturated rings. The van der Waals surface area contributed by atoms with Gasteiger partial charge >= 0.3 is 5.97 Å². The molecular weight excluding hydrogens is 843 g/mol. The lowest BCUT2D eigenvalue weighted by atomic mass is 9.83. The number of aliphatic imine (C=N–C) groups is 1. The summed E-state index contributed by atoms with van der Waals surface area (Å²) in [6.45, 7) is 20.0. The van der Waals surface area contributed by atoms with E-state index in [0.29, 0.717) is 55.2 Å². The highest BCUT2D eigenvalue weighted by Crippen LogP contribution is 2.46. The van der Waals surface area contributed by atoms with Gasteiger partial charge < -0.3 is 28.8 Å². The van der Waals surface area contributed by atoms with Crippen molar-refractivity contribution in [3.05, 3.63) is 52.8 Å². The van der Waals surface area contributed by atoms with E-state index >= 15 is 0 Å². The monoisotopic (exact) mass is 911 g/mol. The summed E-state index contributed by atoms with van der Waals surface area (Å²) >= 11 is 1.58. The van der Waals surface area contributed by atoms with E-state index in [2.05, 4.69) is 92.2 Å². The van der Waals surface area contributed by atoms with E-state index in [-0.39, 0.29) is 48.3 Å². The number of methoxy groups -OCH3 is 1. The van der Waals surface area contributed by atoms with Crippen LogP contribution in [0.2, 0.25) is 0 Å². The topological polar surface area (TPSA) is 149 Å². The van der Waals surface area contributed by atoms with Crippen molar-refractivity contribution in [3.8, 4) is 11.3 Å². The average Bonchev–Trinajstić information content (AvgIpc) is 3.57. The largest absolute Gasteiger partial charge is 0.464 e. The number of benzene rings is 1. The summed E-state index contributed by atoms with van der Waals surface area (Å²) in [7, 11) is 1.74. The number of aryl methyl sites for hydroxylation is 1. The van der Waals surface area contributed by atoms with Crippen LogP contribution in [0.4, 0.5) is 0 Å². The summed E-state index contributed by atoms with van der Waals surface area (Å²) in [5.41, 5.74) is 10.4. The van der Waals surface area contributed by atoms with Crippen molar-refractivity contribution in [2.75, 3.05) is 58.9 Å². The van der Waals surface area contributed by atoms with Gasteiger partial charge in [0.25, 0.3) is 5.91 Å². The maximum atomic E-state index is 14.7. The van der Waals surface area contributed by atoms with Crippen LogP contribution in [-0.2, 0) is 46.3 Å². The molecule has 7 heterocycles. The summed E-state index contributed by atoms with van der Waals surface area (Å²) in [6, 6.07) is 7.68. The van der Waals surface area contributed by atoms with Crippen molar-refractivity contribution in [1.29, 1.82) is 0 Å². The van der Waals surface area contributed by atoms with Crippen LogP contribution in [0.3, 0.4) is 0 Å². The molecule has 0 radical (unpaired) electrons. The number of cyclic esters (lactones) is 1. The summed E-state index contributed by atoms with van der Waals surface area (Å²) in [5, 5.41) is 6.43. The maximum Gasteiger partial charge on any atom is 0.324 e. The molecule has 8 atom stereocenters. The van der Waals surface area contributed by atoms with Gasteiger partial charge in [0, 0.05) is 66.6 Å². The van der Waals surface area contributed by atoms with Crippen LogP contribution in [0.5, 0.6) is 0 Å². The van der Waals surface area contributed by atoms with Gasteiger partial charge in [-0.05, 0) is 119 Å². The molecule has 14 nitrogen and oxygen atoms in total. The van der Waals surface area contributed by atoms with Gasteiger partial charge in [0.2, 0.25) is 5.91 Å². The zero-order chi connectivity index (χ0) is 45.7. The molecule has 1 saturated carbocycles. The van der Waals surface area contributed by atoms with Gasteiger partial charge in [-0.1, -0.05) is 33.8 Å². The fraction of sp³-hybridized carbons (Fsp3) is 0.660. The summed E-state index contributed by atoms with van der Waals surface area (Å²) in [4.78, 5) is 55.6. The Morgan fingerprint density at radius 3 is 2.51 bits per heavy atom. The zero-order valence-electron chi connectivity index (χ0n) is 39.6. The van der Waals surface area contributed by atoms with E-state index < -0.39 is 29.6 Å². The lowest BCUT2D eigenvalue weighted by Crippen LogP contribution is -2.63. The van der Waals surface area contributed by atoms with Crippen LogP contribution in [-0.4, -0.2) is 125 Å². The number of nitrogens with zero attached hydrogens (tertiary/aromatic N) is 5. The summed E-state index contributed by atoms with van der Waals surface area (Å²) in [5.74, 6) is 0.419. The first-order chi connectivity index (χ1) is 31.3. The highest BCUT2D eigenvalue weighted by atomic mass is 32.2. The maximum absolute atomic E-state index is 14.7. The Hall–Kier alpha value is -3.86. The molecule has 2 aromatic heterocycles. The molecule has 5 aliphatic heterocycles. The van der Waals surface area contributed by atoms with Crippen molar-refractivity contribution in [3.63, 3.8) is 0 Å². The molecule has 6 bridgehead atoms. The fourth-order valence-electron chi connectivity index (χ4n) is 10.9. The van der Waals surface area contributed by atoms with Crippen LogP contribution in [0.15, 0.2) is 35.5 Å². The highest BCUT2D eigenvalue weighted by Gasteiger charge is 2.50. The van der Waals surface area contributed by atoms with Crippen molar-refractivity contribution in [2.45, 2.75) is 129 Å². The second-order valence-corrected chi connectivity index (χ2v) is 21.1. The van der Waals surface area contributed by atoms with Crippen LogP contribution in [0, 0.1) is 23.2 Å². The van der Waals surface area contributed by atoms with Crippen molar-refractivity contribution >= 4 is 45.5 Å². The molecule has 1 aromatic carbocycles. The second kappa shape index (κ2) is 19.0. The molecule has 1 aliphatic carbocycles. The number of thioether (sulfide) groups is 1. The molecule has 3 aromatic rings. The smallest absolute Gasteiger partial charge is 0.324 e. The van der Waals surface area contributed by atoms with Gasteiger partial charge in [-0.15, -0.1) is 11.8 Å². The second-order valence-electron chi connectivity index (χ2n) is 20.1. The average molecular weight is 912 g/mol. The standard InChI is InChI=1S/C50H69N7O7S/c1-9-56-40-14-13-32-20-35(40)37(44(56)36-21-33(23-51-42(36)30(5)61-8)31-15-18-55(19-16-31)34-24-62-25-34)22-50(6,7)27-64-49(60)38-12-11-17-57(54-38)48(59)43(53-46(58)41-28(3)29(41)4)45(63-10-2)47-52-39(32)26-65-47/h13-14,20-21,23,28-31,34,38-39,41,43,45,54H,9-12,15-19,22,24-27H2,1-8H3,(H,53,58)/t28-,29+,30-,38-,39?,41+,43-,45-/m0/s1. The minimum absolute atomic E-state index is 0.159. The molecule has 65 heavy (non-hydrogen) atoms. The number of fused-ring (bicyclic) bond motifs is 5. The number of esters is 1. The van der Waals surface area contributed by atoms with Crippen molar-refractivity contribution in [2.24, 2.45) is 28.2 Å². The van der Waals surface area contributed by atoms with E-state index in [1.807, 2.05) is 6.92 Å². The molecule has 0 spiro atoms. The molecule has 15 heteroatoms. The molecule has 2 amide bonds. The minimum Gasteiger partial charge on any atom is -0.464 e. The van der Waals surface area contributed by atoms with E-state index in [1.54, 1.807) is 18.9 Å². The molecule has 1 unspecified atom stereocenters. The van der Waals surface area contributed by atoms with Gasteiger partial charge in [-0.2, -0.15) is 0 Å². The number of carbonyl (C=O) groups is 3. The highest BCUT2D eigenvalue weighted by molar-refractivity contribution is 8.14. The first-order valence-electron chi connectivity index (χ1n) is 24.2. The quantitative estimate of drug-likeness (QED) is 0.212. The third-order valence-electron chi connectivity index (χ3n) is 15.2. The molecule has 2 N–H and O–H groups in total. The number of hydrogen-bond donors (Lipinski definition) is 2. The summed E-state index contributed by atoms with van der Waals surface area (Å²) < 4.78 is 26.6. The van der Waals surface area contributed by atoms with Crippen molar-refractivity contribution in [1.82, 2.24) is 30.2 Å². The minimum atomic E-state index is -1.04. The number of aromatic nitrogens is 2. The van der Waals surface area contributed by atoms with E-state index in [0.717, 1.165) is 79.1 Å². The van der Waals surface area contributed by atoms with Gasteiger partial charge in [-0.3, -0.25) is 34.3 Å². The van der Waals surface area contributed by atoms with Crippen molar-refractivity contribution < 1.29 is 33.3 Å². The van der Waals surface area contributed by atoms with E-state index in [1.165, 1.54) is 16.1 Å². The van der Waals surface area contributed by atoms with Crippen LogP contribution in [0.1, 0.15) is 115 Å². The molecule has 3 saturated heterocycles. The van der Waals surface area contributed by atoms with Gasteiger partial charge in [-0.25, -0.2) is 5.43 Å². The first-order valence-corrected chi connectivity index (χ1v) is 25.2. The molecule has 6 aliphatic rings. The number of carbonyl (C=O) groups excluding carboxylic acids is 3. The Labute approximate surface area is 388 Å². The third-order valence-corrected chi connectivity index (χ3v) is 16.3. The predicted octanol–water partition coefficient (Wildman–Crippen LogP) is 6.61. The Morgan fingerprint density at radius 1 is 1.06 bits per heavy atom.